The zero-order valence-electron chi connectivity index (χ0n) is 13.9. The van der Waals surface area contributed by atoms with E-state index in [0.717, 1.165) is 5.56 Å². The molecule has 7 heteroatoms. The largest absolute Gasteiger partial charge is 0.431 e. The van der Waals surface area contributed by atoms with Crippen molar-refractivity contribution in [1.82, 2.24) is 4.98 Å². The molecule has 1 N–H and O–H groups in total. The van der Waals surface area contributed by atoms with Crippen LogP contribution in [-0.4, -0.2) is 22.4 Å². The topological polar surface area (TPSA) is 72.2 Å². The number of amides is 1. The number of ketones is 1. The monoisotopic (exact) mass is 386 g/mol. The Morgan fingerprint density at radius 2 is 1.96 bits per heavy atom. The van der Waals surface area contributed by atoms with Crippen LogP contribution in [-0.2, 0) is 4.79 Å². The van der Waals surface area contributed by atoms with E-state index in [2.05, 4.69) is 10.3 Å². The van der Waals surface area contributed by atoms with Crippen LogP contribution in [0.4, 0.5) is 5.69 Å². The Bertz CT molecular complexity index is 938. The first kappa shape index (κ1) is 18.2. The van der Waals surface area contributed by atoms with Crippen molar-refractivity contribution in [3.05, 3.63) is 65.3 Å². The smallest absolute Gasteiger partial charge is 0.256 e. The van der Waals surface area contributed by atoms with Gasteiger partial charge in [-0.15, -0.1) is 0 Å². The van der Waals surface area contributed by atoms with Gasteiger partial charge in [0.25, 0.3) is 5.22 Å². The van der Waals surface area contributed by atoms with Gasteiger partial charge in [0.15, 0.2) is 11.5 Å². The maximum absolute atomic E-state index is 12.0. The van der Waals surface area contributed by atoms with Crippen LogP contribution in [0.15, 0.2) is 64.4 Å². The fourth-order valence-electron chi connectivity index (χ4n) is 2.21. The maximum Gasteiger partial charge on any atom is 0.256 e. The highest BCUT2D eigenvalue weighted by molar-refractivity contribution is 7.99. The summed E-state index contributed by atoms with van der Waals surface area (Å²) in [6.07, 6.45) is 1.60. The molecule has 0 unspecified atom stereocenters. The average Bonchev–Trinajstić information content (AvgIpc) is 3.09. The first-order valence-electron chi connectivity index (χ1n) is 7.77. The molecule has 5 nitrogen and oxygen atoms in total. The Hall–Kier alpha value is -2.57. The van der Waals surface area contributed by atoms with Gasteiger partial charge in [-0.1, -0.05) is 35.5 Å². The van der Waals surface area contributed by atoms with E-state index in [1.165, 1.54) is 18.7 Å². The zero-order chi connectivity index (χ0) is 18.5. The van der Waals surface area contributed by atoms with Crippen molar-refractivity contribution < 1.29 is 14.0 Å². The van der Waals surface area contributed by atoms with E-state index in [4.69, 9.17) is 16.0 Å². The predicted octanol–water partition coefficient (Wildman–Crippen LogP) is 4.93. The number of nitrogens with zero attached hydrogens (tertiary/aromatic N) is 1. The molecule has 0 fully saturated rings. The summed E-state index contributed by atoms with van der Waals surface area (Å²) in [6, 6.07) is 14.0. The molecule has 132 valence electrons. The first-order chi connectivity index (χ1) is 12.5. The minimum atomic E-state index is -0.187. The van der Waals surface area contributed by atoms with E-state index < -0.39 is 0 Å². The van der Waals surface area contributed by atoms with Gasteiger partial charge < -0.3 is 9.73 Å². The maximum atomic E-state index is 12.0. The van der Waals surface area contributed by atoms with E-state index in [1.807, 2.05) is 12.1 Å². The van der Waals surface area contributed by atoms with Crippen LogP contribution >= 0.6 is 23.4 Å². The number of benzene rings is 2. The summed E-state index contributed by atoms with van der Waals surface area (Å²) in [5.74, 6) is 0.547. The molecular weight excluding hydrogens is 372 g/mol. The highest BCUT2D eigenvalue weighted by Crippen LogP contribution is 2.27. The van der Waals surface area contributed by atoms with Crippen LogP contribution < -0.4 is 5.32 Å². The van der Waals surface area contributed by atoms with Gasteiger partial charge >= 0.3 is 0 Å². The molecule has 1 aromatic heterocycles. The third kappa shape index (κ3) is 4.74. The Morgan fingerprint density at radius 3 is 2.65 bits per heavy atom. The molecular formula is C19H15ClN2O3S. The minimum absolute atomic E-state index is 0.0159. The molecule has 1 amide bonds. The Morgan fingerprint density at radius 1 is 1.19 bits per heavy atom. The van der Waals surface area contributed by atoms with Crippen molar-refractivity contribution in [2.75, 3.05) is 11.1 Å². The second-order valence-corrected chi connectivity index (χ2v) is 6.83. The van der Waals surface area contributed by atoms with Crippen LogP contribution in [0.3, 0.4) is 0 Å². The number of anilines is 1. The fraction of sp³-hybridized carbons (Fsp3) is 0.105. The van der Waals surface area contributed by atoms with Crippen LogP contribution in [0, 0.1) is 0 Å². The molecule has 0 aliphatic carbocycles. The molecule has 0 aliphatic rings. The average molecular weight is 387 g/mol. The lowest BCUT2D eigenvalue weighted by Crippen LogP contribution is -2.14. The van der Waals surface area contributed by atoms with Gasteiger partial charge in [-0.2, -0.15) is 0 Å². The number of Topliss-reactive ketones (excluding diaryl/α,β-unsaturated/α-hetero) is 1. The number of rotatable bonds is 6. The van der Waals surface area contributed by atoms with Crippen molar-refractivity contribution in [1.29, 1.82) is 0 Å². The normalized spacial score (nSPS) is 10.5. The Balaban J connectivity index is 1.55. The number of carbonyl (C=O) groups excluding carboxylic acids is 2. The number of oxazole rings is 1. The molecule has 3 rings (SSSR count). The van der Waals surface area contributed by atoms with Crippen LogP contribution in [0.25, 0.3) is 11.3 Å². The van der Waals surface area contributed by atoms with Crippen LogP contribution in [0.2, 0.25) is 5.02 Å². The molecule has 1 heterocycles. The SMILES string of the molecule is CC(=O)c1ccc(NC(=O)CSc2ncc(-c3cccc(Cl)c3)o2)cc1. The zero-order valence-corrected chi connectivity index (χ0v) is 15.4. The summed E-state index contributed by atoms with van der Waals surface area (Å²) < 4.78 is 5.64. The molecule has 0 saturated heterocycles. The van der Waals surface area contributed by atoms with Crippen molar-refractivity contribution >= 4 is 40.7 Å². The molecule has 0 radical (unpaired) electrons. The number of carbonyl (C=O) groups is 2. The minimum Gasteiger partial charge on any atom is -0.431 e. The van der Waals surface area contributed by atoms with E-state index in [-0.39, 0.29) is 17.4 Å². The van der Waals surface area contributed by atoms with Crippen molar-refractivity contribution in [3.63, 3.8) is 0 Å². The number of hydrogen-bond donors (Lipinski definition) is 1. The van der Waals surface area contributed by atoms with Gasteiger partial charge in [0.1, 0.15) is 0 Å². The molecule has 0 spiro atoms. The van der Waals surface area contributed by atoms with Gasteiger partial charge in [0.05, 0.1) is 11.9 Å². The molecule has 26 heavy (non-hydrogen) atoms. The van der Waals surface area contributed by atoms with Gasteiger partial charge in [0, 0.05) is 21.8 Å². The number of thioether (sulfide) groups is 1. The van der Waals surface area contributed by atoms with Crippen molar-refractivity contribution in [2.24, 2.45) is 0 Å². The molecule has 3 aromatic rings. The molecule has 2 aromatic carbocycles. The van der Waals surface area contributed by atoms with Gasteiger partial charge in [-0.25, -0.2) is 4.98 Å². The molecule has 0 saturated carbocycles. The summed E-state index contributed by atoms with van der Waals surface area (Å²) in [5, 5.41) is 3.79. The number of nitrogens with one attached hydrogen (secondary N) is 1. The number of hydrogen-bond acceptors (Lipinski definition) is 5. The van der Waals surface area contributed by atoms with E-state index >= 15 is 0 Å². The van der Waals surface area contributed by atoms with Gasteiger partial charge in [-0.05, 0) is 43.3 Å². The van der Waals surface area contributed by atoms with Crippen LogP contribution in [0.5, 0.6) is 0 Å². The van der Waals surface area contributed by atoms with E-state index in [0.29, 0.717) is 27.3 Å². The molecule has 0 aliphatic heterocycles. The van der Waals surface area contributed by atoms with Crippen molar-refractivity contribution in [2.45, 2.75) is 12.1 Å². The first-order valence-corrected chi connectivity index (χ1v) is 9.13. The number of halogens is 1. The summed E-state index contributed by atoms with van der Waals surface area (Å²) in [6.45, 7) is 1.50. The molecule has 0 bridgehead atoms. The van der Waals surface area contributed by atoms with Crippen LogP contribution in [0.1, 0.15) is 17.3 Å². The summed E-state index contributed by atoms with van der Waals surface area (Å²) >= 11 is 7.17. The summed E-state index contributed by atoms with van der Waals surface area (Å²) in [4.78, 5) is 27.5. The Kier molecular flexibility index (Phi) is 5.75. The third-order valence-corrected chi connectivity index (χ3v) is 4.57. The summed E-state index contributed by atoms with van der Waals surface area (Å²) in [5.41, 5.74) is 2.06. The standard InChI is InChI=1S/C19H15ClN2O3S/c1-12(23)13-5-7-16(8-6-13)22-18(24)11-26-19-21-10-17(25-19)14-3-2-4-15(20)9-14/h2-10H,11H2,1H3,(H,22,24). The lowest BCUT2D eigenvalue weighted by atomic mass is 10.1. The lowest BCUT2D eigenvalue weighted by Gasteiger charge is -2.04. The van der Waals surface area contributed by atoms with Crippen molar-refractivity contribution in [3.8, 4) is 11.3 Å². The predicted molar refractivity (Wildman–Crippen MR) is 103 cm³/mol. The Labute approximate surface area is 159 Å². The highest BCUT2D eigenvalue weighted by atomic mass is 35.5. The fourth-order valence-corrected chi connectivity index (χ4v) is 3.01. The van der Waals surface area contributed by atoms with E-state index in [1.54, 1.807) is 42.6 Å². The summed E-state index contributed by atoms with van der Waals surface area (Å²) in [7, 11) is 0. The second-order valence-electron chi connectivity index (χ2n) is 5.47. The number of aromatic nitrogens is 1. The lowest BCUT2D eigenvalue weighted by molar-refractivity contribution is -0.113. The second kappa shape index (κ2) is 8.21. The molecule has 0 atom stereocenters. The quantitative estimate of drug-likeness (QED) is 0.480. The van der Waals surface area contributed by atoms with Gasteiger partial charge in [0.2, 0.25) is 5.91 Å². The highest BCUT2D eigenvalue weighted by Gasteiger charge is 2.10. The van der Waals surface area contributed by atoms with E-state index in [9.17, 15) is 9.59 Å². The third-order valence-electron chi connectivity index (χ3n) is 3.50. The van der Waals surface area contributed by atoms with Gasteiger partial charge in [-0.3, -0.25) is 9.59 Å².